The van der Waals surface area contributed by atoms with E-state index in [1.54, 1.807) is 0 Å². The van der Waals surface area contributed by atoms with E-state index in [0.29, 0.717) is 33.7 Å². The number of rotatable bonds is 6. The molecule has 18 rings (SSSR count). The number of furan rings is 2. The van der Waals surface area contributed by atoms with Gasteiger partial charge in [0.05, 0.1) is 46.7 Å². The molecule has 0 radical (unpaired) electrons. The molecule has 0 N–H and O–H groups in total. The van der Waals surface area contributed by atoms with Crippen LogP contribution < -0.4 is 9.80 Å². The summed E-state index contributed by atoms with van der Waals surface area (Å²) in [6.45, 7) is 20.7. The summed E-state index contributed by atoms with van der Waals surface area (Å²) in [5.41, 5.74) is 21.2. The zero-order valence-electron chi connectivity index (χ0n) is 46.7. The number of para-hydroxylation sites is 7. The van der Waals surface area contributed by atoms with E-state index in [2.05, 4.69) is 256 Å². The Kier molecular flexibility index (Phi) is 9.86. The maximum Gasteiger partial charge on any atom is 0.229 e. The molecule has 16 aromatic rings. The molecule has 86 heavy (non-hydrogen) atoms. The van der Waals surface area contributed by atoms with Gasteiger partial charge in [-0.25, -0.2) is 9.69 Å². The lowest BCUT2D eigenvalue weighted by Crippen LogP contribution is -2.33. The maximum atomic E-state index is 8.21. The molecule has 0 unspecified atom stereocenters. The van der Waals surface area contributed by atoms with Crippen LogP contribution in [0.5, 0.6) is 0 Å². The van der Waals surface area contributed by atoms with Crippen molar-refractivity contribution < 1.29 is 8.83 Å². The van der Waals surface area contributed by atoms with Crippen molar-refractivity contribution in [2.75, 3.05) is 9.80 Å². The minimum atomic E-state index is -0.821. The monoisotopic (exact) mass is 1100 g/mol. The van der Waals surface area contributed by atoms with Gasteiger partial charge in [-0.3, -0.25) is 0 Å². The molecule has 7 nitrogen and oxygen atoms in total. The fraction of sp³-hybridized carbons (Fsp3) is 0.0380. The Balaban J connectivity index is 1.01. The van der Waals surface area contributed by atoms with Gasteiger partial charge in [-0.1, -0.05) is 188 Å². The topological polar surface area (TPSA) is 46.4 Å². The Bertz CT molecular complexity index is 5680. The third-order valence-corrected chi connectivity index (χ3v) is 18.6. The molecule has 13 aromatic carbocycles. The quantitative estimate of drug-likeness (QED) is 0.156. The van der Waals surface area contributed by atoms with Gasteiger partial charge >= 0.3 is 0 Å². The maximum absolute atomic E-state index is 8.21. The normalized spacial score (nSPS) is 12.8. The van der Waals surface area contributed by atoms with Crippen LogP contribution in [-0.4, -0.2) is 4.57 Å². The zero-order valence-corrected chi connectivity index (χ0v) is 46.7. The van der Waals surface area contributed by atoms with Gasteiger partial charge in [-0.15, -0.1) is 0 Å². The number of benzene rings is 13. The number of anilines is 6. The van der Waals surface area contributed by atoms with E-state index < -0.39 is 5.41 Å². The van der Waals surface area contributed by atoms with Gasteiger partial charge in [-0.05, 0) is 141 Å². The van der Waals surface area contributed by atoms with E-state index >= 15 is 0 Å². The van der Waals surface area contributed by atoms with E-state index in [-0.39, 0.29) is 0 Å². The van der Waals surface area contributed by atoms with Crippen molar-refractivity contribution in [3.05, 3.63) is 305 Å². The third kappa shape index (κ3) is 6.27. The molecule has 1 aliphatic heterocycles. The van der Waals surface area contributed by atoms with Crippen LogP contribution in [0.3, 0.4) is 0 Å². The lowest BCUT2D eigenvalue weighted by molar-refractivity contribution is 0.670. The summed E-state index contributed by atoms with van der Waals surface area (Å²) in [5, 5.41) is 10.7. The average Bonchev–Trinajstić information content (AvgIpc) is 1.51. The second-order valence-corrected chi connectivity index (χ2v) is 22.9. The molecule has 1 aliphatic carbocycles. The van der Waals surface area contributed by atoms with Gasteiger partial charge < -0.3 is 23.2 Å². The molecule has 0 bridgehead atoms. The molecular weight excluding hydrogens is 1050 g/mol. The second kappa shape index (κ2) is 17.7. The number of nitrogens with zero attached hydrogens (tertiary/aromatic N) is 5. The standard InChI is InChI=1S/C79H47N5O2/c1-46-19-5-12-32-66(46)82(70-35-17-27-56-54-25-15-30-64(80-3)75(54)85-77(56)70)50-39-42-68-58(43-50)59-44-51(83(67-33-13-6-20-47(67)2)71-36-18-28-57-55-26-16-31-65(81-4)76(55)86-78(57)71)45-63-74(59)84(68)69-34-14-11-29-60(69)79(63)61-40-37-48-21-7-9-23-52(48)72(61)73-53-24-10-8-22-49(53)38-41-62(73)79/h5-45H,1-2H3. The Labute approximate surface area is 494 Å². The fourth-order valence-corrected chi connectivity index (χ4v) is 15.0. The first kappa shape index (κ1) is 47.9. The molecule has 7 heteroatoms. The highest BCUT2D eigenvalue weighted by atomic mass is 16.3. The van der Waals surface area contributed by atoms with E-state index in [0.717, 1.165) is 99.9 Å². The fourth-order valence-electron chi connectivity index (χ4n) is 15.0. The van der Waals surface area contributed by atoms with E-state index in [1.165, 1.54) is 49.4 Å². The van der Waals surface area contributed by atoms with Crippen molar-refractivity contribution in [2.45, 2.75) is 19.3 Å². The molecule has 0 saturated heterocycles. The smallest absolute Gasteiger partial charge is 0.229 e. The van der Waals surface area contributed by atoms with Crippen LogP contribution >= 0.6 is 0 Å². The average molecular weight is 1100 g/mol. The highest BCUT2D eigenvalue weighted by molar-refractivity contribution is 6.20. The van der Waals surface area contributed by atoms with Gasteiger partial charge in [0.1, 0.15) is 11.2 Å². The number of aromatic nitrogens is 1. The number of fused-ring (bicyclic) bond motifs is 22. The zero-order chi connectivity index (χ0) is 57.1. The van der Waals surface area contributed by atoms with Crippen LogP contribution in [0.15, 0.2) is 258 Å². The van der Waals surface area contributed by atoms with Crippen LogP contribution in [0.25, 0.3) is 114 Å². The molecule has 0 saturated carbocycles. The Morgan fingerprint density at radius 2 is 0.826 bits per heavy atom. The molecule has 0 fully saturated rings. The Hall–Kier alpha value is -11.6. The van der Waals surface area contributed by atoms with E-state index in [1.807, 2.05) is 30.3 Å². The molecule has 0 atom stereocenters. The number of hydrogen-bond donors (Lipinski definition) is 0. The first-order valence-corrected chi connectivity index (χ1v) is 29.1. The van der Waals surface area contributed by atoms with Crippen molar-refractivity contribution in [1.82, 2.24) is 4.57 Å². The number of aryl methyl sites for hydroxylation is 2. The highest BCUT2D eigenvalue weighted by Gasteiger charge is 2.52. The van der Waals surface area contributed by atoms with Gasteiger partial charge in [-0.2, -0.15) is 0 Å². The van der Waals surface area contributed by atoms with Gasteiger partial charge in [0.2, 0.25) is 11.4 Å². The summed E-state index contributed by atoms with van der Waals surface area (Å²) in [6, 6.07) is 89.7. The SMILES string of the molecule is [C-]#[N+]c1cccc2c1oc1c(N(c3ccc4c(c3)c3cc(N(c5ccccc5C)c5cccc6c5oc5c([N+]#[C-])cccc56)cc5c3n4-c3ccccc3C53c4ccc5ccccc5c4-c4c3ccc3ccccc43)c3ccccc3C)cccc12. The van der Waals surface area contributed by atoms with Crippen LogP contribution in [0.1, 0.15) is 33.4 Å². The molecule has 400 valence electrons. The lowest BCUT2D eigenvalue weighted by Gasteiger charge is -2.40. The second-order valence-electron chi connectivity index (χ2n) is 22.9. The van der Waals surface area contributed by atoms with Crippen molar-refractivity contribution in [1.29, 1.82) is 0 Å². The summed E-state index contributed by atoms with van der Waals surface area (Å²) in [6.07, 6.45) is 0. The summed E-state index contributed by atoms with van der Waals surface area (Å²) < 4.78 is 16.4. The van der Waals surface area contributed by atoms with E-state index in [4.69, 9.17) is 22.0 Å². The summed E-state index contributed by atoms with van der Waals surface area (Å²) in [5.74, 6) is 0. The number of hydrogen-bond acceptors (Lipinski definition) is 4. The summed E-state index contributed by atoms with van der Waals surface area (Å²) in [7, 11) is 0. The molecule has 0 amide bonds. The van der Waals surface area contributed by atoms with Crippen LogP contribution in [-0.2, 0) is 5.41 Å². The molecule has 1 spiro atoms. The van der Waals surface area contributed by atoms with Crippen molar-refractivity contribution in [3.8, 4) is 16.8 Å². The van der Waals surface area contributed by atoms with Gasteiger partial charge in [0, 0.05) is 55.1 Å². The predicted octanol–water partition coefficient (Wildman–Crippen LogP) is 22.2. The van der Waals surface area contributed by atoms with Crippen molar-refractivity contribution in [3.63, 3.8) is 0 Å². The Morgan fingerprint density at radius 3 is 1.40 bits per heavy atom. The molecular formula is C79H47N5O2. The predicted molar refractivity (Wildman–Crippen MR) is 353 cm³/mol. The first-order chi connectivity index (χ1) is 42.4. The van der Waals surface area contributed by atoms with Gasteiger partial charge in [0.15, 0.2) is 11.2 Å². The minimum absolute atomic E-state index is 0.477. The van der Waals surface area contributed by atoms with Crippen molar-refractivity contribution >= 4 is 133 Å². The van der Waals surface area contributed by atoms with Crippen LogP contribution in [0.2, 0.25) is 0 Å². The third-order valence-electron chi connectivity index (χ3n) is 18.6. The lowest BCUT2D eigenvalue weighted by atomic mass is 9.65. The summed E-state index contributed by atoms with van der Waals surface area (Å²) >= 11 is 0. The molecule has 2 aliphatic rings. The van der Waals surface area contributed by atoms with Crippen LogP contribution in [0, 0.1) is 27.0 Å². The highest BCUT2D eigenvalue weighted by Crippen LogP contribution is 2.64. The molecule has 3 aromatic heterocycles. The first-order valence-electron chi connectivity index (χ1n) is 29.1. The van der Waals surface area contributed by atoms with Crippen molar-refractivity contribution in [2.24, 2.45) is 0 Å². The summed E-state index contributed by atoms with van der Waals surface area (Å²) in [4.78, 5) is 12.6. The Morgan fingerprint density at radius 1 is 0.360 bits per heavy atom. The van der Waals surface area contributed by atoms with E-state index in [9.17, 15) is 0 Å². The van der Waals surface area contributed by atoms with Gasteiger partial charge in [0.25, 0.3) is 0 Å². The minimum Gasteiger partial charge on any atom is -0.465 e. The molecule has 4 heterocycles. The largest absolute Gasteiger partial charge is 0.465 e. The van der Waals surface area contributed by atoms with Crippen LogP contribution in [0.4, 0.5) is 45.5 Å².